The second-order valence-electron chi connectivity index (χ2n) is 6.94. The van der Waals surface area contributed by atoms with E-state index in [1.54, 1.807) is 0 Å². The van der Waals surface area contributed by atoms with Crippen LogP contribution in [0, 0.1) is 5.92 Å². The predicted molar refractivity (Wildman–Crippen MR) is 102 cm³/mol. The van der Waals surface area contributed by atoms with Crippen LogP contribution in [0.4, 0.5) is 0 Å². The summed E-state index contributed by atoms with van der Waals surface area (Å²) in [6, 6.07) is 13.3. The first-order valence-corrected chi connectivity index (χ1v) is 10.9. The molecule has 2 aromatic carbocycles. The Bertz CT molecular complexity index is 673. The third-order valence-corrected chi connectivity index (χ3v) is 7.60. The maximum absolute atomic E-state index is 6.28. The molecule has 24 heavy (non-hydrogen) atoms. The molecule has 2 fully saturated rings. The van der Waals surface area contributed by atoms with Gasteiger partial charge in [-0.2, -0.15) is 0 Å². The minimum atomic E-state index is 0.320. The van der Waals surface area contributed by atoms with Crippen LogP contribution < -0.4 is 4.74 Å². The van der Waals surface area contributed by atoms with Crippen LogP contribution in [0.5, 0.6) is 5.75 Å². The highest BCUT2D eigenvalue weighted by atomic mass is 32.2. The van der Waals surface area contributed by atoms with E-state index >= 15 is 0 Å². The zero-order chi connectivity index (χ0) is 16.2. The molecule has 1 saturated heterocycles. The lowest BCUT2D eigenvalue weighted by Crippen LogP contribution is -2.26. The van der Waals surface area contributed by atoms with Crippen LogP contribution >= 0.6 is 0 Å². The molecule has 2 nitrogen and oxygen atoms in total. The van der Waals surface area contributed by atoms with Crippen molar-refractivity contribution in [3.8, 4) is 5.75 Å². The average molecular weight is 344 g/mol. The summed E-state index contributed by atoms with van der Waals surface area (Å²) in [5.74, 6) is 4.13. The largest absolute Gasteiger partial charge is 0.493 e. The van der Waals surface area contributed by atoms with Crippen LogP contribution in [0.15, 0.2) is 41.3 Å². The summed E-state index contributed by atoms with van der Waals surface area (Å²) in [5, 5.41) is 2.66. The fraction of sp³-hybridized carbons (Fsp3) is 0.524. The summed E-state index contributed by atoms with van der Waals surface area (Å²) in [5.41, 5.74) is 0. The first kappa shape index (κ1) is 16.3. The molecule has 2 aromatic rings. The van der Waals surface area contributed by atoms with Gasteiger partial charge in [0, 0.05) is 21.7 Å². The van der Waals surface area contributed by atoms with E-state index in [9.17, 15) is 0 Å². The predicted octanol–water partition coefficient (Wildman–Crippen LogP) is 4.81. The topological polar surface area (TPSA) is 18.5 Å². The van der Waals surface area contributed by atoms with Crippen molar-refractivity contribution in [2.45, 2.75) is 37.0 Å². The fourth-order valence-electron chi connectivity index (χ4n) is 3.93. The highest BCUT2D eigenvalue weighted by molar-refractivity contribution is 7.97. The van der Waals surface area contributed by atoms with Gasteiger partial charge in [0.05, 0.1) is 19.8 Å². The number of rotatable bonds is 4. The third-order valence-electron chi connectivity index (χ3n) is 5.30. The quantitative estimate of drug-likeness (QED) is 0.742. The molecule has 0 spiro atoms. The lowest BCUT2D eigenvalue weighted by Gasteiger charge is -2.22. The monoisotopic (exact) mass is 343 g/mol. The average Bonchev–Trinajstić information content (AvgIpc) is 2.67. The number of hydrogen-bond donors (Lipinski definition) is 0. The molecule has 0 aromatic heterocycles. The summed E-state index contributed by atoms with van der Waals surface area (Å²) < 4.78 is 11.8. The molecular weight excluding hydrogens is 316 g/mol. The Labute approximate surface area is 147 Å². The molecule has 1 aliphatic carbocycles. The van der Waals surface area contributed by atoms with Crippen LogP contribution in [-0.4, -0.2) is 31.3 Å². The molecule has 3 heteroatoms. The Balaban J connectivity index is 1.57. The lowest BCUT2D eigenvalue weighted by molar-refractivity contribution is 0.159. The molecule has 0 bridgehead atoms. The summed E-state index contributed by atoms with van der Waals surface area (Å²) in [6.07, 6.45) is 6.82. The van der Waals surface area contributed by atoms with E-state index in [-0.39, 0.29) is 0 Å². The van der Waals surface area contributed by atoms with Gasteiger partial charge in [-0.3, -0.25) is 0 Å². The first-order chi connectivity index (χ1) is 11.9. The van der Waals surface area contributed by atoms with Crippen molar-refractivity contribution < 1.29 is 9.47 Å². The molecule has 0 N–H and O–H groups in total. The third kappa shape index (κ3) is 3.57. The molecule has 128 valence electrons. The summed E-state index contributed by atoms with van der Waals surface area (Å²) >= 11 is 0. The summed E-state index contributed by atoms with van der Waals surface area (Å²) in [6.45, 7) is 2.68. The van der Waals surface area contributed by atoms with Gasteiger partial charge in [-0.15, -0.1) is 0 Å². The molecule has 0 atom stereocenters. The van der Waals surface area contributed by atoms with Crippen LogP contribution in [0.2, 0.25) is 0 Å². The molecule has 2 aliphatic rings. The van der Waals surface area contributed by atoms with Crippen molar-refractivity contribution in [2.75, 3.05) is 31.3 Å². The molecule has 1 aliphatic heterocycles. The van der Waals surface area contributed by atoms with Crippen molar-refractivity contribution >= 4 is 21.7 Å². The molecule has 1 saturated carbocycles. The van der Waals surface area contributed by atoms with Gasteiger partial charge in [-0.05, 0) is 37.0 Å². The van der Waals surface area contributed by atoms with Crippen LogP contribution in [-0.2, 0) is 15.6 Å². The van der Waals surface area contributed by atoms with Crippen molar-refractivity contribution in [3.63, 3.8) is 0 Å². The number of benzene rings is 2. The summed E-state index contributed by atoms with van der Waals surface area (Å²) in [4.78, 5) is 1.50. The Kier molecular flexibility index (Phi) is 5.29. The van der Waals surface area contributed by atoms with Crippen molar-refractivity contribution in [1.82, 2.24) is 0 Å². The van der Waals surface area contributed by atoms with Gasteiger partial charge in [-0.25, -0.2) is 0 Å². The second-order valence-corrected chi connectivity index (χ2v) is 9.18. The van der Waals surface area contributed by atoms with Gasteiger partial charge in [0.15, 0.2) is 4.90 Å². The molecular formula is C21H27O2S+. The molecule has 1 heterocycles. The molecule has 0 radical (unpaired) electrons. The van der Waals surface area contributed by atoms with Gasteiger partial charge in [0.25, 0.3) is 0 Å². The fourth-order valence-corrected chi connectivity index (χ4v) is 5.96. The van der Waals surface area contributed by atoms with E-state index in [1.165, 1.54) is 47.8 Å². The lowest BCUT2D eigenvalue weighted by atomic mass is 9.90. The highest BCUT2D eigenvalue weighted by Crippen LogP contribution is 2.34. The number of ether oxygens (including phenoxy) is 2. The van der Waals surface area contributed by atoms with E-state index in [4.69, 9.17) is 9.47 Å². The maximum Gasteiger partial charge on any atom is 0.163 e. The van der Waals surface area contributed by atoms with E-state index in [1.807, 2.05) is 0 Å². The van der Waals surface area contributed by atoms with E-state index in [0.717, 1.165) is 43.0 Å². The zero-order valence-electron chi connectivity index (χ0n) is 14.3. The normalized spacial score (nSPS) is 20.3. The number of hydrogen-bond acceptors (Lipinski definition) is 2. The molecule has 4 rings (SSSR count). The van der Waals surface area contributed by atoms with Gasteiger partial charge in [0.2, 0.25) is 0 Å². The van der Waals surface area contributed by atoms with Gasteiger partial charge in [0.1, 0.15) is 17.3 Å². The van der Waals surface area contributed by atoms with Crippen molar-refractivity contribution in [3.05, 3.63) is 36.4 Å². The molecule has 0 unspecified atom stereocenters. The Morgan fingerprint density at radius 2 is 1.67 bits per heavy atom. The van der Waals surface area contributed by atoms with Crippen molar-refractivity contribution in [1.29, 1.82) is 0 Å². The first-order valence-electron chi connectivity index (χ1n) is 9.31. The Morgan fingerprint density at radius 3 is 2.46 bits per heavy atom. The highest BCUT2D eigenvalue weighted by Gasteiger charge is 2.28. The van der Waals surface area contributed by atoms with E-state index < -0.39 is 0 Å². The SMILES string of the molecule is c1ccc2c([S+]3CCOCC3)ccc(OCC3CCCCC3)c2c1. The van der Waals surface area contributed by atoms with Crippen LogP contribution in [0.1, 0.15) is 32.1 Å². The van der Waals surface area contributed by atoms with E-state index in [2.05, 4.69) is 36.4 Å². The maximum atomic E-state index is 6.28. The van der Waals surface area contributed by atoms with Gasteiger partial charge >= 0.3 is 0 Å². The van der Waals surface area contributed by atoms with Gasteiger partial charge < -0.3 is 9.47 Å². The van der Waals surface area contributed by atoms with E-state index in [0.29, 0.717) is 10.9 Å². The second kappa shape index (κ2) is 7.79. The molecule has 0 amide bonds. The number of fused-ring (bicyclic) bond motifs is 1. The van der Waals surface area contributed by atoms with Crippen LogP contribution in [0.25, 0.3) is 10.8 Å². The standard InChI is InChI=1S/C21H27O2S/c1-2-6-17(7-3-1)16-23-20-10-11-21(24-14-12-22-13-15-24)19-9-5-4-8-18(19)20/h4-5,8-11,17H,1-3,6-7,12-16H2/q+1. The minimum Gasteiger partial charge on any atom is -0.493 e. The van der Waals surface area contributed by atoms with Gasteiger partial charge in [-0.1, -0.05) is 37.5 Å². The van der Waals surface area contributed by atoms with Crippen molar-refractivity contribution in [2.24, 2.45) is 5.92 Å². The van der Waals surface area contributed by atoms with Crippen LogP contribution in [0.3, 0.4) is 0 Å². The minimum absolute atomic E-state index is 0.320. The Morgan fingerprint density at radius 1 is 0.917 bits per heavy atom. The Hall–Kier alpha value is -1.19. The zero-order valence-corrected chi connectivity index (χ0v) is 15.2. The smallest absolute Gasteiger partial charge is 0.163 e. The summed E-state index contributed by atoms with van der Waals surface area (Å²) in [7, 11) is 0.320.